The lowest BCUT2D eigenvalue weighted by atomic mass is 9.91. The van der Waals surface area contributed by atoms with Gasteiger partial charge in [0.05, 0.1) is 0 Å². The molecular weight excluding hydrogens is 180 g/mol. The highest BCUT2D eigenvalue weighted by Crippen LogP contribution is 2.26. The van der Waals surface area contributed by atoms with Crippen molar-refractivity contribution in [3.63, 3.8) is 0 Å². The van der Waals surface area contributed by atoms with E-state index in [0.29, 0.717) is 12.8 Å². The maximum Gasteiger partial charge on any atom is 0.229 e. The number of amides is 2. The molecule has 0 aromatic rings. The van der Waals surface area contributed by atoms with Gasteiger partial charge < -0.3 is 5.73 Å². The predicted molar refractivity (Wildman–Crippen MR) is 51.3 cm³/mol. The number of likely N-dealkylation sites (tertiary alicyclic amines) is 1. The van der Waals surface area contributed by atoms with E-state index >= 15 is 0 Å². The fourth-order valence-corrected chi connectivity index (χ4v) is 2.44. The molecule has 4 nitrogen and oxygen atoms in total. The zero-order chi connectivity index (χ0) is 10.1. The Morgan fingerprint density at radius 3 is 2.36 bits per heavy atom. The highest BCUT2D eigenvalue weighted by molar-refractivity contribution is 6.02. The predicted octanol–water partition coefficient (Wildman–Crippen LogP) is 0.405. The zero-order valence-electron chi connectivity index (χ0n) is 8.24. The summed E-state index contributed by atoms with van der Waals surface area (Å²) in [5.41, 5.74) is 5.83. The number of carbonyl (C=O) groups is 2. The van der Waals surface area contributed by atoms with Crippen LogP contribution in [-0.4, -0.2) is 28.8 Å². The molecule has 2 aliphatic rings. The maximum absolute atomic E-state index is 11.5. The van der Waals surface area contributed by atoms with Crippen molar-refractivity contribution >= 4 is 11.8 Å². The summed E-state index contributed by atoms with van der Waals surface area (Å²) in [6.45, 7) is 0. The molecule has 2 atom stereocenters. The van der Waals surface area contributed by atoms with Gasteiger partial charge in [-0.15, -0.1) is 0 Å². The normalized spacial score (nSPS) is 33.9. The van der Waals surface area contributed by atoms with Gasteiger partial charge in [0.1, 0.15) is 0 Å². The van der Waals surface area contributed by atoms with Gasteiger partial charge in [0.25, 0.3) is 0 Å². The van der Waals surface area contributed by atoms with Crippen LogP contribution in [0.15, 0.2) is 0 Å². The first-order valence-corrected chi connectivity index (χ1v) is 5.29. The van der Waals surface area contributed by atoms with Crippen molar-refractivity contribution in [2.24, 2.45) is 5.73 Å². The molecule has 2 N–H and O–H groups in total. The molecule has 2 unspecified atom stereocenters. The van der Waals surface area contributed by atoms with Crippen LogP contribution in [-0.2, 0) is 9.59 Å². The first-order valence-electron chi connectivity index (χ1n) is 5.29. The van der Waals surface area contributed by atoms with Crippen LogP contribution in [0.25, 0.3) is 0 Å². The molecule has 78 valence electrons. The second-order valence-corrected chi connectivity index (χ2v) is 4.24. The van der Waals surface area contributed by atoms with E-state index in [4.69, 9.17) is 5.73 Å². The van der Waals surface area contributed by atoms with Gasteiger partial charge in [-0.25, -0.2) is 0 Å². The molecule has 0 spiro atoms. The van der Waals surface area contributed by atoms with Crippen LogP contribution in [0.3, 0.4) is 0 Å². The minimum Gasteiger partial charge on any atom is -0.328 e. The molecule has 4 heteroatoms. The Bertz CT molecular complexity index is 249. The van der Waals surface area contributed by atoms with Crippen LogP contribution < -0.4 is 5.73 Å². The number of hydrogen-bond acceptors (Lipinski definition) is 3. The summed E-state index contributed by atoms with van der Waals surface area (Å²) in [5.74, 6) is -0.0109. The van der Waals surface area contributed by atoms with Crippen LogP contribution in [0, 0.1) is 0 Å². The van der Waals surface area contributed by atoms with E-state index < -0.39 is 0 Å². The van der Waals surface area contributed by atoms with E-state index in [9.17, 15) is 9.59 Å². The Morgan fingerprint density at radius 1 is 1.14 bits per heavy atom. The Hall–Kier alpha value is -0.900. The van der Waals surface area contributed by atoms with Crippen LogP contribution in [0.5, 0.6) is 0 Å². The molecule has 1 aliphatic heterocycles. The maximum atomic E-state index is 11.5. The highest BCUT2D eigenvalue weighted by atomic mass is 16.2. The average molecular weight is 196 g/mol. The summed E-state index contributed by atoms with van der Waals surface area (Å²) in [6.07, 6.45) is 4.56. The second-order valence-electron chi connectivity index (χ2n) is 4.24. The topological polar surface area (TPSA) is 63.4 Å². The molecular formula is C10H16N2O2. The number of nitrogens with two attached hydrogens (primary N) is 1. The van der Waals surface area contributed by atoms with E-state index in [2.05, 4.69) is 0 Å². The third kappa shape index (κ3) is 1.66. The second kappa shape index (κ2) is 3.69. The molecule has 1 heterocycles. The minimum absolute atomic E-state index is 0.00546. The third-order valence-corrected chi connectivity index (χ3v) is 3.14. The Balaban J connectivity index is 2.05. The summed E-state index contributed by atoms with van der Waals surface area (Å²) < 4.78 is 0. The zero-order valence-corrected chi connectivity index (χ0v) is 8.24. The number of rotatable bonds is 1. The van der Waals surface area contributed by atoms with Gasteiger partial charge in [-0.3, -0.25) is 14.5 Å². The van der Waals surface area contributed by atoms with E-state index in [0.717, 1.165) is 25.7 Å². The molecule has 0 aromatic carbocycles. The van der Waals surface area contributed by atoms with Crippen LogP contribution in [0.2, 0.25) is 0 Å². The Morgan fingerprint density at radius 2 is 1.79 bits per heavy atom. The minimum atomic E-state index is -0.00546. The first-order chi connectivity index (χ1) is 6.68. The summed E-state index contributed by atoms with van der Waals surface area (Å²) in [5, 5.41) is 0. The molecule has 2 fully saturated rings. The summed E-state index contributed by atoms with van der Waals surface area (Å²) in [4.78, 5) is 24.4. The summed E-state index contributed by atoms with van der Waals surface area (Å²) in [6, 6.07) is 0.246. The largest absolute Gasteiger partial charge is 0.328 e. The van der Waals surface area contributed by atoms with Gasteiger partial charge in [0.15, 0.2) is 0 Å². The van der Waals surface area contributed by atoms with Crippen molar-refractivity contribution in [2.45, 2.75) is 50.6 Å². The van der Waals surface area contributed by atoms with E-state index in [-0.39, 0.29) is 23.9 Å². The van der Waals surface area contributed by atoms with Crippen molar-refractivity contribution in [3.05, 3.63) is 0 Å². The standard InChI is InChI=1S/C10H16N2O2/c11-7-2-1-3-8(6-7)12-9(13)4-5-10(12)14/h7-8H,1-6,11H2. The fourth-order valence-electron chi connectivity index (χ4n) is 2.44. The van der Waals surface area contributed by atoms with E-state index in [1.54, 1.807) is 0 Å². The summed E-state index contributed by atoms with van der Waals surface area (Å²) >= 11 is 0. The molecule has 1 saturated carbocycles. The molecule has 0 aromatic heterocycles. The van der Waals surface area contributed by atoms with Crippen molar-refractivity contribution in [1.82, 2.24) is 4.90 Å². The van der Waals surface area contributed by atoms with Crippen molar-refractivity contribution < 1.29 is 9.59 Å². The van der Waals surface area contributed by atoms with Crippen molar-refractivity contribution in [1.29, 1.82) is 0 Å². The molecule has 2 amide bonds. The molecule has 14 heavy (non-hydrogen) atoms. The van der Waals surface area contributed by atoms with E-state index in [1.807, 2.05) is 0 Å². The van der Waals surface area contributed by atoms with Crippen LogP contribution in [0.4, 0.5) is 0 Å². The lowest BCUT2D eigenvalue weighted by Gasteiger charge is -2.32. The molecule has 1 aliphatic carbocycles. The molecule has 1 saturated heterocycles. The first kappa shape index (κ1) is 9.65. The van der Waals surface area contributed by atoms with Gasteiger partial charge in [0, 0.05) is 24.9 Å². The Kier molecular flexibility index (Phi) is 2.54. The fraction of sp³-hybridized carbons (Fsp3) is 0.800. The molecule has 0 radical (unpaired) electrons. The Labute approximate surface area is 83.4 Å². The number of hydrogen-bond donors (Lipinski definition) is 1. The lowest BCUT2D eigenvalue weighted by molar-refractivity contribution is -0.141. The molecule has 0 bridgehead atoms. The molecule has 2 rings (SSSR count). The monoisotopic (exact) mass is 196 g/mol. The average Bonchev–Trinajstić information content (AvgIpc) is 2.46. The summed E-state index contributed by atoms with van der Waals surface area (Å²) in [7, 11) is 0. The number of imide groups is 1. The highest BCUT2D eigenvalue weighted by Gasteiger charge is 2.36. The SMILES string of the molecule is NC1CCCC(N2C(=O)CCC2=O)C1. The van der Waals surface area contributed by atoms with Gasteiger partial charge in [-0.1, -0.05) is 0 Å². The number of carbonyl (C=O) groups excluding carboxylic acids is 2. The lowest BCUT2D eigenvalue weighted by Crippen LogP contribution is -2.45. The van der Waals surface area contributed by atoms with Gasteiger partial charge in [-0.05, 0) is 25.7 Å². The number of nitrogens with zero attached hydrogens (tertiary/aromatic N) is 1. The van der Waals surface area contributed by atoms with Crippen LogP contribution >= 0.6 is 0 Å². The van der Waals surface area contributed by atoms with Crippen LogP contribution in [0.1, 0.15) is 38.5 Å². The van der Waals surface area contributed by atoms with Gasteiger partial charge in [-0.2, -0.15) is 0 Å². The quantitative estimate of drug-likeness (QED) is 0.618. The van der Waals surface area contributed by atoms with Crippen molar-refractivity contribution in [3.8, 4) is 0 Å². The smallest absolute Gasteiger partial charge is 0.229 e. The van der Waals surface area contributed by atoms with Gasteiger partial charge >= 0.3 is 0 Å². The van der Waals surface area contributed by atoms with E-state index in [1.165, 1.54) is 4.90 Å². The van der Waals surface area contributed by atoms with Gasteiger partial charge in [0.2, 0.25) is 11.8 Å². The third-order valence-electron chi connectivity index (χ3n) is 3.14. The van der Waals surface area contributed by atoms with Crippen molar-refractivity contribution in [2.75, 3.05) is 0 Å².